The molecule has 1 aliphatic rings. The van der Waals surface area contributed by atoms with Gasteiger partial charge in [0.25, 0.3) is 0 Å². The van der Waals surface area contributed by atoms with E-state index in [1.165, 1.54) is 19.2 Å². The number of aromatic nitrogens is 3. The molecule has 2 heterocycles. The van der Waals surface area contributed by atoms with Gasteiger partial charge in [-0.15, -0.1) is 0 Å². The van der Waals surface area contributed by atoms with Gasteiger partial charge in [0.05, 0.1) is 13.7 Å². The van der Waals surface area contributed by atoms with E-state index in [0.717, 1.165) is 38.5 Å². The summed E-state index contributed by atoms with van der Waals surface area (Å²) in [6.45, 7) is 5.49. The number of fused-ring (bicyclic) bond motifs is 4. The number of carbonyl (C=O) groups excluding carboxylic acids is 2. The highest BCUT2D eigenvalue weighted by molar-refractivity contribution is 5.93. The molecule has 0 saturated carbocycles. The maximum Gasteiger partial charge on any atom is 0.422 e. The normalized spacial score (nSPS) is 15.8. The fourth-order valence-corrected chi connectivity index (χ4v) is 4.22. The highest BCUT2D eigenvalue weighted by atomic mass is 19.4. The second-order valence-electron chi connectivity index (χ2n) is 11.2. The van der Waals surface area contributed by atoms with E-state index in [0.29, 0.717) is 31.7 Å². The summed E-state index contributed by atoms with van der Waals surface area (Å²) in [5, 5.41) is 5.94. The van der Waals surface area contributed by atoms with E-state index in [1.807, 2.05) is 20.8 Å². The SMILES string of the molecule is COC(=O)c1ccc2cc1OCCCN(C(=O)OC(C)(C)C)CCCCCCCCNc1nc(nc(OCC(F)(F)F)n1)N2. The van der Waals surface area contributed by atoms with E-state index in [1.54, 1.807) is 11.0 Å². The average Bonchev–Trinajstić information content (AvgIpc) is 2.94. The minimum Gasteiger partial charge on any atom is -0.493 e. The van der Waals surface area contributed by atoms with Crippen LogP contribution in [0.5, 0.6) is 11.8 Å². The molecule has 3 rings (SSSR count). The second-order valence-corrected chi connectivity index (χ2v) is 11.2. The minimum absolute atomic E-state index is 0.0513. The molecule has 44 heavy (non-hydrogen) atoms. The molecule has 0 saturated heterocycles. The quantitative estimate of drug-likeness (QED) is 0.382. The van der Waals surface area contributed by atoms with Crippen molar-refractivity contribution in [2.75, 3.05) is 50.6 Å². The summed E-state index contributed by atoms with van der Waals surface area (Å²) in [7, 11) is 1.25. The molecule has 0 unspecified atom stereocenters. The zero-order chi connectivity index (χ0) is 32.2. The van der Waals surface area contributed by atoms with Crippen LogP contribution in [0.4, 0.5) is 35.5 Å². The van der Waals surface area contributed by atoms with Crippen molar-refractivity contribution in [1.82, 2.24) is 19.9 Å². The Hall–Kier alpha value is -4.04. The zero-order valence-corrected chi connectivity index (χ0v) is 25.6. The molecule has 0 fully saturated rings. The first-order chi connectivity index (χ1) is 20.8. The van der Waals surface area contributed by atoms with Gasteiger partial charge in [-0.1, -0.05) is 25.7 Å². The number of hydrogen-bond acceptors (Lipinski definition) is 11. The number of halogens is 3. The van der Waals surface area contributed by atoms with Crippen molar-refractivity contribution in [3.63, 3.8) is 0 Å². The first-order valence-corrected chi connectivity index (χ1v) is 14.6. The number of nitrogens with zero attached hydrogens (tertiary/aromatic N) is 4. The molecule has 4 bridgehead atoms. The van der Waals surface area contributed by atoms with Crippen LogP contribution in [0.15, 0.2) is 18.2 Å². The van der Waals surface area contributed by atoms with Crippen LogP contribution in [-0.4, -0.2) is 83.6 Å². The summed E-state index contributed by atoms with van der Waals surface area (Å²) in [6.07, 6.45) is 0.896. The van der Waals surface area contributed by atoms with Crippen LogP contribution in [0.1, 0.15) is 76.1 Å². The van der Waals surface area contributed by atoms with Crippen LogP contribution in [0.2, 0.25) is 0 Å². The number of amides is 1. The van der Waals surface area contributed by atoms with Crippen molar-refractivity contribution >= 4 is 29.6 Å². The monoisotopic (exact) mass is 626 g/mol. The van der Waals surface area contributed by atoms with Crippen molar-refractivity contribution in [3.05, 3.63) is 23.8 Å². The predicted octanol–water partition coefficient (Wildman–Crippen LogP) is 6.12. The number of hydrogen-bond donors (Lipinski definition) is 2. The van der Waals surface area contributed by atoms with Gasteiger partial charge in [0.15, 0.2) is 6.61 Å². The number of benzene rings is 1. The number of ether oxygens (including phenoxy) is 4. The Kier molecular flexibility index (Phi) is 12.6. The number of anilines is 3. The largest absolute Gasteiger partial charge is 0.493 e. The van der Waals surface area contributed by atoms with Gasteiger partial charge in [0.1, 0.15) is 16.9 Å². The molecule has 0 aliphatic carbocycles. The summed E-state index contributed by atoms with van der Waals surface area (Å²) >= 11 is 0. The van der Waals surface area contributed by atoms with Crippen molar-refractivity contribution < 1.29 is 41.7 Å². The van der Waals surface area contributed by atoms with Crippen LogP contribution in [0.3, 0.4) is 0 Å². The molecule has 0 spiro atoms. The molecular formula is C29H41F3N6O6. The Balaban J connectivity index is 1.85. The number of carbonyl (C=O) groups is 2. The van der Waals surface area contributed by atoms with Gasteiger partial charge in [-0.25, -0.2) is 9.59 Å². The smallest absolute Gasteiger partial charge is 0.422 e. The molecule has 1 aromatic carbocycles. The summed E-state index contributed by atoms with van der Waals surface area (Å²) in [6, 6.07) is 4.05. The Morgan fingerprint density at radius 2 is 1.64 bits per heavy atom. The van der Waals surface area contributed by atoms with Gasteiger partial charge >= 0.3 is 24.2 Å². The molecule has 1 amide bonds. The van der Waals surface area contributed by atoms with Gasteiger partial charge in [-0.3, -0.25) is 0 Å². The van der Waals surface area contributed by atoms with Gasteiger partial charge in [-0.2, -0.15) is 28.1 Å². The molecular weight excluding hydrogens is 585 g/mol. The third kappa shape index (κ3) is 12.3. The number of alkyl halides is 3. The van der Waals surface area contributed by atoms with E-state index < -0.39 is 36.5 Å². The van der Waals surface area contributed by atoms with Crippen molar-refractivity contribution in [2.24, 2.45) is 0 Å². The molecule has 12 nitrogen and oxygen atoms in total. The first kappa shape index (κ1) is 34.5. The van der Waals surface area contributed by atoms with E-state index in [4.69, 9.17) is 18.9 Å². The van der Waals surface area contributed by atoms with Crippen LogP contribution >= 0.6 is 0 Å². The Morgan fingerprint density at radius 1 is 0.955 bits per heavy atom. The van der Waals surface area contributed by atoms with E-state index >= 15 is 0 Å². The zero-order valence-electron chi connectivity index (χ0n) is 25.6. The van der Waals surface area contributed by atoms with Gasteiger partial charge in [-0.05, 0) is 52.2 Å². The highest BCUT2D eigenvalue weighted by Crippen LogP contribution is 2.27. The standard InChI is InChI=1S/C29H41F3N6O6/c1-28(2,3)44-27(40)38-15-10-8-6-5-7-9-14-33-24-35-25(37-26(36-24)43-19-29(30,31)32)34-20-12-13-21(23(39)41-4)22(18-20)42-17-11-16-38/h12-13,18H,5-11,14-17,19H2,1-4H3,(H2,33,34,35,36,37). The first-order valence-electron chi connectivity index (χ1n) is 14.6. The number of esters is 1. The topological polar surface area (TPSA) is 137 Å². The fraction of sp³-hybridized carbons (Fsp3) is 0.621. The summed E-state index contributed by atoms with van der Waals surface area (Å²) < 4.78 is 59.6. The second kappa shape index (κ2) is 16.1. The molecule has 2 N–H and O–H groups in total. The Morgan fingerprint density at radius 3 is 2.34 bits per heavy atom. The third-order valence-electron chi connectivity index (χ3n) is 6.24. The minimum atomic E-state index is -4.57. The highest BCUT2D eigenvalue weighted by Gasteiger charge is 2.29. The van der Waals surface area contributed by atoms with E-state index in [9.17, 15) is 22.8 Å². The van der Waals surface area contributed by atoms with Crippen molar-refractivity contribution in [1.29, 1.82) is 0 Å². The van der Waals surface area contributed by atoms with E-state index in [-0.39, 0.29) is 29.8 Å². The Labute approximate surface area is 255 Å². The van der Waals surface area contributed by atoms with Gasteiger partial charge in [0.2, 0.25) is 11.9 Å². The van der Waals surface area contributed by atoms with Gasteiger partial charge < -0.3 is 34.5 Å². The van der Waals surface area contributed by atoms with Crippen LogP contribution in [0.25, 0.3) is 0 Å². The lowest BCUT2D eigenvalue weighted by atomic mass is 10.1. The fourth-order valence-electron chi connectivity index (χ4n) is 4.22. The number of methoxy groups -OCH3 is 1. The number of nitrogens with one attached hydrogen (secondary N) is 2. The van der Waals surface area contributed by atoms with Crippen LogP contribution < -0.4 is 20.1 Å². The molecule has 0 atom stereocenters. The van der Waals surface area contributed by atoms with Crippen molar-refractivity contribution in [2.45, 2.75) is 77.5 Å². The predicted molar refractivity (Wildman–Crippen MR) is 157 cm³/mol. The maximum absolute atomic E-state index is 12.9. The number of rotatable bonds is 3. The molecule has 2 aromatic rings. The lowest BCUT2D eigenvalue weighted by molar-refractivity contribution is -0.154. The van der Waals surface area contributed by atoms with Crippen LogP contribution in [-0.2, 0) is 9.47 Å². The molecule has 1 aliphatic heterocycles. The van der Waals surface area contributed by atoms with E-state index in [2.05, 4.69) is 25.6 Å². The molecule has 15 heteroatoms. The summed E-state index contributed by atoms with van der Waals surface area (Å²) in [4.78, 5) is 39.2. The molecule has 244 valence electrons. The summed E-state index contributed by atoms with van der Waals surface area (Å²) in [5.74, 6) is -0.453. The maximum atomic E-state index is 12.9. The van der Waals surface area contributed by atoms with Crippen molar-refractivity contribution in [3.8, 4) is 11.8 Å². The third-order valence-corrected chi connectivity index (χ3v) is 6.24. The summed E-state index contributed by atoms with van der Waals surface area (Å²) in [5.41, 5.74) is -0.0870. The van der Waals surface area contributed by atoms with Gasteiger partial charge in [0, 0.05) is 31.4 Å². The lowest BCUT2D eigenvalue weighted by Gasteiger charge is -2.27. The lowest BCUT2D eigenvalue weighted by Crippen LogP contribution is -2.38. The average molecular weight is 627 g/mol. The molecule has 0 radical (unpaired) electrons. The Bertz CT molecular complexity index is 1240. The van der Waals surface area contributed by atoms with Crippen LogP contribution in [0, 0.1) is 0 Å². The molecule has 1 aromatic heterocycles.